The topological polar surface area (TPSA) is 48.3 Å². The maximum absolute atomic E-state index is 5.44. The van der Waals surface area contributed by atoms with Gasteiger partial charge in [0.25, 0.3) is 0 Å². The summed E-state index contributed by atoms with van der Waals surface area (Å²) >= 11 is 0. The number of aromatic amines is 1. The molecule has 1 fully saturated rings. The molecule has 0 spiro atoms. The van der Waals surface area contributed by atoms with Crippen molar-refractivity contribution in [2.24, 2.45) is 0 Å². The van der Waals surface area contributed by atoms with Crippen LogP contribution in [0.5, 0.6) is 0 Å². The molecule has 126 valence electrons. The number of piperazine rings is 1. The molecule has 0 bridgehead atoms. The first-order valence-electron chi connectivity index (χ1n) is 8.61. The Labute approximate surface area is 142 Å². The van der Waals surface area contributed by atoms with Gasteiger partial charge in [0.05, 0.1) is 30.4 Å². The SMILES string of the molecule is Cc1ccc2[nH]c(CN3CCN(Cc4ccco4)CC3)nc2c1C. The van der Waals surface area contributed by atoms with Crippen molar-refractivity contribution in [1.82, 2.24) is 19.8 Å². The van der Waals surface area contributed by atoms with Crippen molar-refractivity contribution in [1.29, 1.82) is 0 Å². The number of aromatic nitrogens is 2. The van der Waals surface area contributed by atoms with Gasteiger partial charge in [0, 0.05) is 26.2 Å². The van der Waals surface area contributed by atoms with Crippen LogP contribution in [0, 0.1) is 13.8 Å². The number of hydrogen-bond acceptors (Lipinski definition) is 4. The number of aryl methyl sites for hydroxylation is 2. The molecule has 1 aliphatic heterocycles. The number of nitrogens with zero attached hydrogens (tertiary/aromatic N) is 3. The molecule has 5 heteroatoms. The highest BCUT2D eigenvalue weighted by molar-refractivity contribution is 5.79. The predicted octanol–water partition coefficient (Wildman–Crippen LogP) is 3.09. The van der Waals surface area contributed by atoms with Gasteiger partial charge in [-0.15, -0.1) is 0 Å². The molecule has 4 rings (SSSR count). The molecule has 3 heterocycles. The van der Waals surface area contributed by atoms with Crippen LogP contribution < -0.4 is 0 Å². The minimum atomic E-state index is 0.891. The van der Waals surface area contributed by atoms with Crippen LogP contribution >= 0.6 is 0 Å². The molecule has 2 aromatic heterocycles. The Kier molecular flexibility index (Phi) is 4.12. The van der Waals surface area contributed by atoms with Crippen LogP contribution in [-0.4, -0.2) is 45.9 Å². The third-order valence-corrected chi connectivity index (χ3v) is 5.03. The number of H-pyrrole nitrogens is 1. The molecule has 1 N–H and O–H groups in total. The highest BCUT2D eigenvalue weighted by Crippen LogP contribution is 2.20. The van der Waals surface area contributed by atoms with Gasteiger partial charge >= 0.3 is 0 Å². The van der Waals surface area contributed by atoms with E-state index in [4.69, 9.17) is 9.40 Å². The van der Waals surface area contributed by atoms with Gasteiger partial charge in [0.1, 0.15) is 11.6 Å². The highest BCUT2D eigenvalue weighted by atomic mass is 16.3. The van der Waals surface area contributed by atoms with Crippen molar-refractivity contribution in [2.75, 3.05) is 26.2 Å². The fourth-order valence-corrected chi connectivity index (χ4v) is 3.38. The van der Waals surface area contributed by atoms with E-state index in [9.17, 15) is 0 Å². The standard InChI is InChI=1S/C19H24N4O/c1-14-5-6-17-19(15(14)2)21-18(20-17)13-23-9-7-22(8-10-23)12-16-4-3-11-24-16/h3-6,11H,7-10,12-13H2,1-2H3,(H,20,21). The Hall–Kier alpha value is -2.11. The fourth-order valence-electron chi connectivity index (χ4n) is 3.38. The highest BCUT2D eigenvalue weighted by Gasteiger charge is 2.19. The summed E-state index contributed by atoms with van der Waals surface area (Å²) in [6.45, 7) is 10.4. The maximum Gasteiger partial charge on any atom is 0.121 e. The number of benzene rings is 1. The lowest BCUT2D eigenvalue weighted by Crippen LogP contribution is -2.45. The summed E-state index contributed by atoms with van der Waals surface area (Å²) < 4.78 is 5.44. The second-order valence-corrected chi connectivity index (χ2v) is 6.72. The number of furan rings is 1. The van der Waals surface area contributed by atoms with Gasteiger partial charge in [-0.3, -0.25) is 9.80 Å². The van der Waals surface area contributed by atoms with Gasteiger partial charge in [-0.2, -0.15) is 0 Å². The first kappa shape index (κ1) is 15.4. The summed E-state index contributed by atoms with van der Waals surface area (Å²) in [5, 5.41) is 0. The first-order chi connectivity index (χ1) is 11.7. The average Bonchev–Trinajstić information content (AvgIpc) is 3.23. The van der Waals surface area contributed by atoms with Crippen LogP contribution in [0.15, 0.2) is 34.9 Å². The van der Waals surface area contributed by atoms with Gasteiger partial charge in [-0.25, -0.2) is 4.98 Å². The minimum Gasteiger partial charge on any atom is -0.468 e. The molecule has 1 saturated heterocycles. The van der Waals surface area contributed by atoms with Crippen LogP contribution in [-0.2, 0) is 13.1 Å². The monoisotopic (exact) mass is 324 g/mol. The molecule has 0 unspecified atom stereocenters. The third-order valence-electron chi connectivity index (χ3n) is 5.03. The lowest BCUT2D eigenvalue weighted by atomic mass is 10.1. The lowest BCUT2D eigenvalue weighted by molar-refractivity contribution is 0.114. The van der Waals surface area contributed by atoms with Gasteiger partial charge in [0.2, 0.25) is 0 Å². The van der Waals surface area contributed by atoms with Gasteiger partial charge in [-0.1, -0.05) is 6.07 Å². The molecule has 5 nitrogen and oxygen atoms in total. The summed E-state index contributed by atoms with van der Waals surface area (Å²) in [5.74, 6) is 2.12. The number of fused-ring (bicyclic) bond motifs is 1. The maximum atomic E-state index is 5.44. The van der Waals surface area contributed by atoms with E-state index in [1.807, 2.05) is 12.1 Å². The smallest absolute Gasteiger partial charge is 0.121 e. The Morgan fingerprint density at radius 2 is 1.79 bits per heavy atom. The van der Waals surface area contributed by atoms with E-state index in [1.54, 1.807) is 6.26 Å². The van der Waals surface area contributed by atoms with Crippen LogP contribution in [0.4, 0.5) is 0 Å². The Bertz CT molecular complexity index is 813. The summed E-state index contributed by atoms with van der Waals surface area (Å²) in [7, 11) is 0. The van der Waals surface area contributed by atoms with E-state index >= 15 is 0 Å². The van der Waals surface area contributed by atoms with E-state index < -0.39 is 0 Å². The van der Waals surface area contributed by atoms with E-state index in [1.165, 1.54) is 11.1 Å². The van der Waals surface area contributed by atoms with Crippen LogP contribution in [0.25, 0.3) is 11.0 Å². The fraction of sp³-hybridized carbons (Fsp3) is 0.421. The third kappa shape index (κ3) is 3.09. The van der Waals surface area contributed by atoms with Crippen molar-refractivity contribution in [3.8, 4) is 0 Å². The van der Waals surface area contributed by atoms with Crippen LogP contribution in [0.3, 0.4) is 0 Å². The predicted molar refractivity (Wildman–Crippen MR) is 94.8 cm³/mol. The minimum absolute atomic E-state index is 0.891. The molecular formula is C19H24N4O. The van der Waals surface area contributed by atoms with Crippen molar-refractivity contribution in [3.05, 3.63) is 53.2 Å². The average molecular weight is 324 g/mol. The molecule has 0 amide bonds. The summed E-state index contributed by atoms with van der Waals surface area (Å²) in [6.07, 6.45) is 1.75. The van der Waals surface area contributed by atoms with Gasteiger partial charge < -0.3 is 9.40 Å². The first-order valence-corrected chi connectivity index (χ1v) is 8.61. The van der Waals surface area contributed by atoms with Crippen molar-refractivity contribution in [3.63, 3.8) is 0 Å². The van der Waals surface area contributed by atoms with E-state index in [0.717, 1.165) is 61.9 Å². The molecule has 24 heavy (non-hydrogen) atoms. The lowest BCUT2D eigenvalue weighted by Gasteiger charge is -2.33. The zero-order valence-electron chi connectivity index (χ0n) is 14.4. The molecule has 1 aromatic carbocycles. The molecular weight excluding hydrogens is 300 g/mol. The van der Waals surface area contributed by atoms with Gasteiger partial charge in [-0.05, 0) is 43.2 Å². The zero-order chi connectivity index (χ0) is 16.5. The molecule has 3 aromatic rings. The largest absolute Gasteiger partial charge is 0.468 e. The molecule has 0 aliphatic carbocycles. The van der Waals surface area contributed by atoms with Crippen molar-refractivity contribution < 1.29 is 4.42 Å². The zero-order valence-corrected chi connectivity index (χ0v) is 14.4. The molecule has 0 radical (unpaired) electrons. The quantitative estimate of drug-likeness (QED) is 0.801. The summed E-state index contributed by atoms with van der Waals surface area (Å²) in [5.41, 5.74) is 4.83. The number of rotatable bonds is 4. The van der Waals surface area contributed by atoms with E-state index in [2.05, 4.69) is 40.8 Å². The second kappa shape index (κ2) is 6.42. The Morgan fingerprint density at radius 1 is 1.04 bits per heavy atom. The van der Waals surface area contributed by atoms with E-state index in [-0.39, 0.29) is 0 Å². The van der Waals surface area contributed by atoms with Crippen LogP contribution in [0.1, 0.15) is 22.7 Å². The summed E-state index contributed by atoms with van der Waals surface area (Å²) in [6, 6.07) is 8.30. The number of hydrogen-bond donors (Lipinski definition) is 1. The normalized spacial score (nSPS) is 16.9. The van der Waals surface area contributed by atoms with Crippen LogP contribution in [0.2, 0.25) is 0 Å². The summed E-state index contributed by atoms with van der Waals surface area (Å²) in [4.78, 5) is 13.2. The number of nitrogens with one attached hydrogen (secondary N) is 1. The Morgan fingerprint density at radius 3 is 2.50 bits per heavy atom. The molecule has 0 saturated carbocycles. The van der Waals surface area contributed by atoms with Crippen molar-refractivity contribution in [2.45, 2.75) is 26.9 Å². The second-order valence-electron chi connectivity index (χ2n) is 6.72. The van der Waals surface area contributed by atoms with Crippen molar-refractivity contribution >= 4 is 11.0 Å². The van der Waals surface area contributed by atoms with Gasteiger partial charge in [0.15, 0.2) is 0 Å². The Balaban J connectivity index is 1.37. The molecule has 1 aliphatic rings. The van der Waals surface area contributed by atoms with E-state index in [0.29, 0.717) is 0 Å². The number of imidazole rings is 1. The molecule has 0 atom stereocenters.